The highest BCUT2D eigenvalue weighted by atomic mass is 35.5. The van der Waals surface area contributed by atoms with Crippen molar-refractivity contribution < 1.29 is 4.79 Å². The first kappa shape index (κ1) is 14.8. The van der Waals surface area contributed by atoms with Gasteiger partial charge in [0.2, 0.25) is 5.91 Å². The Hall–Kier alpha value is -1.62. The van der Waals surface area contributed by atoms with Crippen LogP contribution in [0.3, 0.4) is 0 Å². The Morgan fingerprint density at radius 2 is 2.30 bits per heavy atom. The molecule has 1 N–H and O–H groups in total. The fourth-order valence-electron chi connectivity index (χ4n) is 1.96. The van der Waals surface area contributed by atoms with Crippen LogP contribution in [0.4, 0.5) is 0 Å². The van der Waals surface area contributed by atoms with Crippen LogP contribution in [0, 0.1) is 5.92 Å². The molecule has 0 unspecified atom stereocenters. The number of hydrogen-bond donors (Lipinski definition) is 1. The molecule has 0 aliphatic rings. The van der Waals surface area contributed by atoms with E-state index in [0.29, 0.717) is 31.3 Å². The molecule has 0 aromatic carbocycles. The molecule has 0 atom stereocenters. The van der Waals surface area contributed by atoms with Crippen molar-refractivity contribution in [2.24, 2.45) is 5.92 Å². The number of alkyl halides is 1. The first-order chi connectivity index (χ1) is 9.61. The fraction of sp³-hybridized carbons (Fsp3) is 0.500. The molecule has 0 aliphatic heterocycles. The summed E-state index contributed by atoms with van der Waals surface area (Å²) >= 11 is 5.91. The number of carbonyl (C=O) groups is 1. The molecular weight excluding hydrogens is 276 g/mol. The molecule has 108 valence electrons. The number of hydrogen-bond acceptors (Lipinski definition) is 3. The number of nitrogens with zero attached hydrogens (tertiary/aromatic N) is 3. The van der Waals surface area contributed by atoms with Crippen LogP contribution in [-0.4, -0.2) is 27.0 Å². The summed E-state index contributed by atoms with van der Waals surface area (Å²) in [5.74, 6) is 1.55. The molecule has 0 bridgehead atoms. The van der Waals surface area contributed by atoms with E-state index in [1.807, 2.05) is 16.7 Å². The van der Waals surface area contributed by atoms with Crippen LogP contribution in [0.5, 0.6) is 0 Å². The van der Waals surface area contributed by atoms with E-state index < -0.39 is 0 Å². The van der Waals surface area contributed by atoms with E-state index in [-0.39, 0.29) is 5.91 Å². The number of pyridine rings is 1. The number of aryl methyl sites for hydroxylation is 1. The molecule has 2 aromatic rings. The molecule has 0 saturated carbocycles. The summed E-state index contributed by atoms with van der Waals surface area (Å²) < 4.78 is 1.91. The largest absolute Gasteiger partial charge is 0.356 e. The number of imidazole rings is 1. The standard InChI is InChI=1S/C14H19ClN4O/c1-10(2)9-17-13(20)5-7-19-12(8-15)18-11-4-3-6-16-14(11)19/h3-4,6,10H,5,7-9H2,1-2H3,(H,17,20). The van der Waals surface area contributed by atoms with Gasteiger partial charge in [0, 0.05) is 25.7 Å². The molecule has 2 heterocycles. The zero-order valence-corrected chi connectivity index (χ0v) is 12.5. The molecule has 20 heavy (non-hydrogen) atoms. The van der Waals surface area contributed by atoms with Crippen molar-refractivity contribution in [2.75, 3.05) is 6.54 Å². The SMILES string of the molecule is CC(C)CNC(=O)CCn1c(CCl)nc2cccnc21. The molecule has 2 rings (SSSR count). The third-order valence-electron chi connectivity index (χ3n) is 2.97. The molecule has 2 aromatic heterocycles. The molecule has 6 heteroatoms. The number of fused-ring (bicyclic) bond motifs is 1. The van der Waals surface area contributed by atoms with E-state index >= 15 is 0 Å². The van der Waals surface area contributed by atoms with Gasteiger partial charge >= 0.3 is 0 Å². The van der Waals surface area contributed by atoms with E-state index in [2.05, 4.69) is 29.1 Å². The van der Waals surface area contributed by atoms with Crippen LogP contribution >= 0.6 is 11.6 Å². The van der Waals surface area contributed by atoms with Crippen molar-refractivity contribution in [3.05, 3.63) is 24.2 Å². The van der Waals surface area contributed by atoms with E-state index in [0.717, 1.165) is 17.0 Å². The van der Waals surface area contributed by atoms with E-state index in [4.69, 9.17) is 11.6 Å². The molecule has 5 nitrogen and oxygen atoms in total. The van der Waals surface area contributed by atoms with Gasteiger partial charge in [0.25, 0.3) is 0 Å². The quantitative estimate of drug-likeness (QED) is 0.832. The average molecular weight is 295 g/mol. The molecule has 0 aliphatic carbocycles. The number of nitrogens with one attached hydrogen (secondary N) is 1. The van der Waals surface area contributed by atoms with Crippen molar-refractivity contribution in [3.63, 3.8) is 0 Å². The fourth-order valence-corrected chi connectivity index (χ4v) is 2.17. The summed E-state index contributed by atoms with van der Waals surface area (Å²) in [6, 6.07) is 3.74. The normalized spacial score (nSPS) is 11.2. The molecule has 0 spiro atoms. The monoisotopic (exact) mass is 294 g/mol. The van der Waals surface area contributed by atoms with E-state index in [1.54, 1.807) is 6.20 Å². The molecule has 1 amide bonds. The minimum Gasteiger partial charge on any atom is -0.356 e. The zero-order valence-electron chi connectivity index (χ0n) is 11.8. The molecular formula is C14H19ClN4O. The third-order valence-corrected chi connectivity index (χ3v) is 3.21. The second kappa shape index (κ2) is 6.70. The second-order valence-electron chi connectivity index (χ2n) is 5.11. The Morgan fingerprint density at radius 1 is 1.50 bits per heavy atom. The highest BCUT2D eigenvalue weighted by molar-refractivity contribution is 6.16. The van der Waals surface area contributed by atoms with Crippen LogP contribution in [0.25, 0.3) is 11.2 Å². The Labute approximate surface area is 123 Å². The van der Waals surface area contributed by atoms with Gasteiger partial charge in [-0.2, -0.15) is 0 Å². The Kier molecular flexibility index (Phi) is 4.95. The lowest BCUT2D eigenvalue weighted by molar-refractivity contribution is -0.121. The number of carbonyl (C=O) groups excluding carboxylic acids is 1. The maximum Gasteiger partial charge on any atom is 0.221 e. The van der Waals surface area contributed by atoms with Crippen LogP contribution < -0.4 is 5.32 Å². The molecule has 0 fully saturated rings. The summed E-state index contributed by atoms with van der Waals surface area (Å²) in [6.45, 7) is 5.38. The highest BCUT2D eigenvalue weighted by Gasteiger charge is 2.12. The van der Waals surface area contributed by atoms with Gasteiger partial charge in [-0.05, 0) is 18.1 Å². The van der Waals surface area contributed by atoms with Crippen LogP contribution in [0.15, 0.2) is 18.3 Å². The van der Waals surface area contributed by atoms with Gasteiger partial charge in [0.1, 0.15) is 11.3 Å². The van der Waals surface area contributed by atoms with Crippen LogP contribution in [-0.2, 0) is 17.2 Å². The Balaban J connectivity index is 2.07. The average Bonchev–Trinajstić information content (AvgIpc) is 2.80. The summed E-state index contributed by atoms with van der Waals surface area (Å²) in [5, 5.41) is 2.90. The van der Waals surface area contributed by atoms with Crippen LogP contribution in [0.1, 0.15) is 26.1 Å². The van der Waals surface area contributed by atoms with Crippen molar-refractivity contribution in [1.29, 1.82) is 0 Å². The number of aromatic nitrogens is 3. The molecule has 0 saturated heterocycles. The highest BCUT2D eigenvalue weighted by Crippen LogP contribution is 2.15. The van der Waals surface area contributed by atoms with Gasteiger partial charge in [-0.25, -0.2) is 9.97 Å². The van der Waals surface area contributed by atoms with Gasteiger partial charge in [-0.3, -0.25) is 4.79 Å². The van der Waals surface area contributed by atoms with Gasteiger partial charge in [-0.1, -0.05) is 13.8 Å². The van der Waals surface area contributed by atoms with Crippen molar-refractivity contribution in [3.8, 4) is 0 Å². The minimum absolute atomic E-state index is 0.0389. The summed E-state index contributed by atoms with van der Waals surface area (Å²) in [5.41, 5.74) is 1.59. The topological polar surface area (TPSA) is 59.8 Å². The number of rotatable bonds is 6. The first-order valence-corrected chi connectivity index (χ1v) is 7.28. The first-order valence-electron chi connectivity index (χ1n) is 6.74. The van der Waals surface area contributed by atoms with Gasteiger partial charge < -0.3 is 9.88 Å². The lowest BCUT2D eigenvalue weighted by Crippen LogP contribution is -2.28. The van der Waals surface area contributed by atoms with E-state index in [9.17, 15) is 4.79 Å². The maximum atomic E-state index is 11.8. The lowest BCUT2D eigenvalue weighted by Gasteiger charge is -2.09. The second-order valence-corrected chi connectivity index (χ2v) is 5.37. The third kappa shape index (κ3) is 3.48. The Morgan fingerprint density at radius 3 is 3.00 bits per heavy atom. The molecule has 0 radical (unpaired) electrons. The minimum atomic E-state index is 0.0389. The predicted octanol–water partition coefficient (Wildman–Crippen LogP) is 2.33. The van der Waals surface area contributed by atoms with E-state index in [1.165, 1.54) is 0 Å². The van der Waals surface area contributed by atoms with Crippen molar-refractivity contribution in [2.45, 2.75) is 32.7 Å². The predicted molar refractivity (Wildman–Crippen MR) is 79.5 cm³/mol. The maximum absolute atomic E-state index is 11.8. The summed E-state index contributed by atoms with van der Waals surface area (Å²) in [6.07, 6.45) is 2.12. The number of amides is 1. The summed E-state index contributed by atoms with van der Waals surface area (Å²) in [7, 11) is 0. The van der Waals surface area contributed by atoms with Gasteiger partial charge in [0.15, 0.2) is 5.65 Å². The van der Waals surface area contributed by atoms with Crippen LogP contribution in [0.2, 0.25) is 0 Å². The van der Waals surface area contributed by atoms with Gasteiger partial charge in [0.05, 0.1) is 5.88 Å². The van der Waals surface area contributed by atoms with Crippen molar-refractivity contribution >= 4 is 28.7 Å². The lowest BCUT2D eigenvalue weighted by atomic mass is 10.2. The smallest absolute Gasteiger partial charge is 0.221 e. The summed E-state index contributed by atoms with van der Waals surface area (Å²) in [4.78, 5) is 20.5. The zero-order chi connectivity index (χ0) is 14.5. The Bertz CT molecular complexity index is 594. The van der Waals surface area contributed by atoms with Gasteiger partial charge in [-0.15, -0.1) is 11.6 Å². The van der Waals surface area contributed by atoms with Crippen molar-refractivity contribution in [1.82, 2.24) is 19.9 Å². The number of halogens is 1.